The zero-order valence-corrected chi connectivity index (χ0v) is 8.81. The van der Waals surface area contributed by atoms with Crippen LogP contribution in [-0.2, 0) is 4.79 Å². The van der Waals surface area contributed by atoms with E-state index in [1.807, 2.05) is 0 Å². The van der Waals surface area contributed by atoms with Crippen molar-refractivity contribution in [3.05, 3.63) is 12.2 Å². The van der Waals surface area contributed by atoms with E-state index in [1.54, 1.807) is 0 Å². The molecule has 0 amide bonds. The third-order valence-electron chi connectivity index (χ3n) is 3.07. The Labute approximate surface area is 88.1 Å². The summed E-state index contributed by atoms with van der Waals surface area (Å²) in [6, 6.07) is 0. The molecule has 0 saturated heterocycles. The lowest BCUT2D eigenvalue weighted by atomic mass is 9.66. The molecule has 13 heavy (non-hydrogen) atoms. The summed E-state index contributed by atoms with van der Waals surface area (Å²) in [6.07, 6.45) is 8.14. The molecule has 72 valence electrons. The Balaban J connectivity index is 2.13. The molecule has 0 radical (unpaired) electrons. The van der Waals surface area contributed by atoms with E-state index in [0.717, 1.165) is 25.7 Å². The summed E-state index contributed by atoms with van der Waals surface area (Å²) in [7, 11) is 0. The Hall–Kier alpha value is -0.0100. The van der Waals surface area contributed by atoms with Crippen LogP contribution in [0.25, 0.3) is 0 Å². The molecule has 0 aromatic rings. The second kappa shape index (κ2) is 3.29. The lowest BCUT2D eigenvalue weighted by molar-refractivity contribution is -0.136. The van der Waals surface area contributed by atoms with E-state index in [1.165, 1.54) is 0 Å². The topological polar surface area (TPSA) is 17.1 Å². The zero-order chi connectivity index (χ0) is 9.47. The number of ketones is 1. The van der Waals surface area contributed by atoms with Gasteiger partial charge in [0.2, 0.25) is 0 Å². The van der Waals surface area contributed by atoms with Crippen molar-refractivity contribution in [2.75, 3.05) is 0 Å². The first kappa shape index (κ1) is 9.54. The van der Waals surface area contributed by atoms with Gasteiger partial charge in [-0.15, -0.1) is 0 Å². The summed E-state index contributed by atoms with van der Waals surface area (Å²) in [5.41, 5.74) is 0. The molecule has 2 aliphatic rings. The number of fused-ring (bicyclic) bond motifs is 1. The summed E-state index contributed by atoms with van der Waals surface area (Å²) < 4.78 is -1.07. The maximum Gasteiger partial charge on any atom is 0.179 e. The maximum absolute atomic E-state index is 11.5. The molecule has 1 fully saturated rings. The van der Waals surface area contributed by atoms with Crippen LogP contribution in [0.4, 0.5) is 0 Å². The van der Waals surface area contributed by atoms with E-state index >= 15 is 0 Å². The number of hydrogen-bond donors (Lipinski definition) is 0. The fourth-order valence-electron chi connectivity index (χ4n) is 2.27. The minimum Gasteiger partial charge on any atom is -0.296 e. The number of halogens is 2. The van der Waals surface area contributed by atoms with Gasteiger partial charge in [-0.25, -0.2) is 0 Å². The molecule has 2 aliphatic carbocycles. The smallest absolute Gasteiger partial charge is 0.179 e. The SMILES string of the molecule is O=C1[C@H]2CC/C=C\CC[C@H]2C1(Cl)Cl. The average Bonchev–Trinajstić information content (AvgIpc) is 2.03. The molecule has 0 N–H and O–H groups in total. The molecule has 0 spiro atoms. The lowest BCUT2D eigenvalue weighted by Crippen LogP contribution is -2.56. The quantitative estimate of drug-likeness (QED) is 0.452. The van der Waals surface area contributed by atoms with Crippen molar-refractivity contribution in [2.45, 2.75) is 30.0 Å². The first-order valence-corrected chi connectivity index (χ1v) is 5.47. The Kier molecular flexibility index (Phi) is 2.41. The van der Waals surface area contributed by atoms with Crippen LogP contribution in [0, 0.1) is 11.8 Å². The van der Waals surface area contributed by atoms with Crippen LogP contribution in [0.5, 0.6) is 0 Å². The predicted octanol–water partition coefficient (Wildman–Crippen LogP) is 3.11. The largest absolute Gasteiger partial charge is 0.296 e. The average molecular weight is 219 g/mol. The summed E-state index contributed by atoms with van der Waals surface area (Å²) in [5.74, 6) is 0.351. The summed E-state index contributed by atoms with van der Waals surface area (Å²) >= 11 is 11.9. The van der Waals surface area contributed by atoms with Gasteiger partial charge in [-0.05, 0) is 25.7 Å². The lowest BCUT2D eigenvalue weighted by Gasteiger charge is -2.46. The van der Waals surface area contributed by atoms with Crippen molar-refractivity contribution in [3.63, 3.8) is 0 Å². The molecule has 0 bridgehead atoms. The van der Waals surface area contributed by atoms with Crippen molar-refractivity contribution in [1.82, 2.24) is 0 Å². The van der Waals surface area contributed by atoms with Gasteiger partial charge in [0.1, 0.15) is 0 Å². The van der Waals surface area contributed by atoms with E-state index < -0.39 is 4.33 Å². The molecule has 2 atom stereocenters. The first-order chi connectivity index (χ1) is 6.14. The Morgan fingerprint density at radius 3 is 2.54 bits per heavy atom. The second-order valence-corrected chi connectivity index (χ2v) is 5.21. The third-order valence-corrected chi connectivity index (χ3v) is 4.01. The zero-order valence-electron chi connectivity index (χ0n) is 7.30. The maximum atomic E-state index is 11.5. The molecular weight excluding hydrogens is 207 g/mol. The molecule has 1 saturated carbocycles. The van der Waals surface area contributed by atoms with Crippen LogP contribution in [0.2, 0.25) is 0 Å². The van der Waals surface area contributed by atoms with E-state index in [4.69, 9.17) is 23.2 Å². The Bertz CT molecular complexity index is 258. The Morgan fingerprint density at radius 1 is 1.23 bits per heavy atom. The van der Waals surface area contributed by atoms with Gasteiger partial charge >= 0.3 is 0 Å². The molecule has 3 heteroatoms. The summed E-state index contributed by atoms with van der Waals surface area (Å²) in [5, 5.41) is 0. The summed E-state index contributed by atoms with van der Waals surface area (Å²) in [6.45, 7) is 0. The number of alkyl halides is 2. The third kappa shape index (κ3) is 1.42. The number of hydrogen-bond acceptors (Lipinski definition) is 1. The molecule has 0 aromatic carbocycles. The minimum absolute atomic E-state index is 0.0381. The summed E-state index contributed by atoms with van der Waals surface area (Å²) in [4.78, 5) is 11.5. The van der Waals surface area contributed by atoms with Crippen molar-refractivity contribution in [1.29, 1.82) is 0 Å². The van der Waals surface area contributed by atoms with Crippen LogP contribution in [-0.4, -0.2) is 10.1 Å². The Morgan fingerprint density at radius 2 is 1.85 bits per heavy atom. The highest BCUT2D eigenvalue weighted by atomic mass is 35.5. The molecule has 0 aromatic heterocycles. The monoisotopic (exact) mass is 218 g/mol. The number of Topliss-reactive ketones (excluding diaryl/α,β-unsaturated/α-hetero) is 1. The minimum atomic E-state index is -1.07. The van der Waals surface area contributed by atoms with E-state index in [2.05, 4.69) is 12.2 Å². The fourth-order valence-corrected chi connectivity index (χ4v) is 3.07. The highest BCUT2D eigenvalue weighted by Crippen LogP contribution is 2.53. The highest BCUT2D eigenvalue weighted by molar-refractivity contribution is 6.60. The van der Waals surface area contributed by atoms with Crippen molar-refractivity contribution in [2.24, 2.45) is 11.8 Å². The second-order valence-electron chi connectivity index (χ2n) is 3.83. The van der Waals surface area contributed by atoms with Gasteiger partial charge in [0.25, 0.3) is 0 Å². The van der Waals surface area contributed by atoms with Gasteiger partial charge in [-0.1, -0.05) is 35.4 Å². The molecule has 0 heterocycles. The molecule has 0 unspecified atom stereocenters. The van der Waals surface area contributed by atoms with E-state index in [-0.39, 0.29) is 17.6 Å². The highest BCUT2D eigenvalue weighted by Gasteiger charge is 2.59. The van der Waals surface area contributed by atoms with Crippen LogP contribution < -0.4 is 0 Å². The molecular formula is C10H12Cl2O. The molecule has 2 rings (SSSR count). The van der Waals surface area contributed by atoms with Gasteiger partial charge in [-0.3, -0.25) is 4.79 Å². The number of rotatable bonds is 0. The number of allylic oxidation sites excluding steroid dienone is 2. The van der Waals surface area contributed by atoms with Crippen molar-refractivity contribution in [3.8, 4) is 0 Å². The van der Waals surface area contributed by atoms with Gasteiger partial charge < -0.3 is 0 Å². The molecule has 1 nitrogen and oxygen atoms in total. The van der Waals surface area contributed by atoms with Crippen LogP contribution in [0.15, 0.2) is 12.2 Å². The van der Waals surface area contributed by atoms with E-state index in [9.17, 15) is 4.79 Å². The van der Waals surface area contributed by atoms with Crippen molar-refractivity contribution < 1.29 is 4.79 Å². The van der Waals surface area contributed by atoms with Gasteiger partial charge in [0.15, 0.2) is 10.1 Å². The van der Waals surface area contributed by atoms with Crippen LogP contribution >= 0.6 is 23.2 Å². The van der Waals surface area contributed by atoms with Gasteiger partial charge in [-0.2, -0.15) is 0 Å². The number of carbonyl (C=O) groups excluding carboxylic acids is 1. The molecule has 0 aliphatic heterocycles. The fraction of sp³-hybridized carbons (Fsp3) is 0.700. The number of carbonyl (C=O) groups is 1. The predicted molar refractivity (Wildman–Crippen MR) is 54.0 cm³/mol. The normalized spacial score (nSPS) is 39.7. The van der Waals surface area contributed by atoms with Crippen LogP contribution in [0.1, 0.15) is 25.7 Å². The van der Waals surface area contributed by atoms with E-state index in [0.29, 0.717) is 0 Å². The van der Waals surface area contributed by atoms with Gasteiger partial charge in [0.05, 0.1) is 0 Å². The van der Waals surface area contributed by atoms with Crippen molar-refractivity contribution >= 4 is 29.0 Å². The first-order valence-electron chi connectivity index (χ1n) is 4.71. The standard InChI is InChI=1S/C10H12Cl2O/c11-10(12)8-6-4-2-1-3-5-7(8)9(10)13/h1-2,7-8H,3-6H2/b2-1-/t7-,8+/m0/s1. The van der Waals surface area contributed by atoms with Gasteiger partial charge in [0, 0.05) is 11.8 Å². The van der Waals surface area contributed by atoms with Crippen LogP contribution in [0.3, 0.4) is 0 Å².